The van der Waals surface area contributed by atoms with Gasteiger partial charge in [0.15, 0.2) is 0 Å². The molecular weight excluding hydrogens is 510 g/mol. The Labute approximate surface area is 220 Å². The molecule has 1 amide bonds. The number of carbonyl (C=O) groups excluding carboxylic acids is 1. The van der Waals surface area contributed by atoms with Crippen molar-refractivity contribution in [1.29, 1.82) is 0 Å². The van der Waals surface area contributed by atoms with Gasteiger partial charge in [-0.05, 0) is 61.9 Å². The van der Waals surface area contributed by atoms with Gasteiger partial charge in [0.05, 0.1) is 22.7 Å². The van der Waals surface area contributed by atoms with Gasteiger partial charge in [0, 0.05) is 34.1 Å². The van der Waals surface area contributed by atoms with Crippen molar-refractivity contribution in [1.82, 2.24) is 14.7 Å². The van der Waals surface area contributed by atoms with Crippen molar-refractivity contribution in [3.05, 3.63) is 94.6 Å². The van der Waals surface area contributed by atoms with E-state index in [1.807, 2.05) is 44.2 Å². The van der Waals surface area contributed by atoms with E-state index >= 15 is 0 Å². The van der Waals surface area contributed by atoms with Gasteiger partial charge in [0.2, 0.25) is 21.9 Å². The third-order valence-corrected chi connectivity index (χ3v) is 7.85. The highest BCUT2D eigenvalue weighted by atomic mass is 35.5. The van der Waals surface area contributed by atoms with Crippen molar-refractivity contribution >= 4 is 44.9 Å². The number of anilines is 3. The van der Waals surface area contributed by atoms with Crippen molar-refractivity contribution in [2.24, 2.45) is 0 Å². The van der Waals surface area contributed by atoms with E-state index in [9.17, 15) is 13.2 Å². The Morgan fingerprint density at radius 3 is 2.49 bits per heavy atom. The summed E-state index contributed by atoms with van der Waals surface area (Å²) in [6.07, 6.45) is 1.76. The van der Waals surface area contributed by atoms with Crippen LogP contribution in [0.2, 0.25) is 5.02 Å². The Bertz CT molecular complexity index is 1590. The molecule has 0 saturated carbocycles. The molecule has 1 aliphatic rings. The van der Waals surface area contributed by atoms with Crippen LogP contribution in [0.15, 0.2) is 77.8 Å². The summed E-state index contributed by atoms with van der Waals surface area (Å²) >= 11 is 6.11. The molecule has 0 bridgehead atoms. The number of aryl methyl sites for hydroxylation is 1. The highest BCUT2D eigenvalue weighted by Crippen LogP contribution is 2.35. The minimum atomic E-state index is -3.72. The molecule has 0 unspecified atom stereocenters. The zero-order valence-corrected chi connectivity index (χ0v) is 21.7. The van der Waals surface area contributed by atoms with Crippen LogP contribution in [0, 0.1) is 6.92 Å². The normalized spacial score (nSPS) is 13.6. The Morgan fingerprint density at radius 2 is 1.76 bits per heavy atom. The fourth-order valence-corrected chi connectivity index (χ4v) is 5.50. The summed E-state index contributed by atoms with van der Waals surface area (Å²) in [5.74, 6) is 0.143. The molecule has 37 heavy (non-hydrogen) atoms. The number of hydrogen-bond acceptors (Lipinski definition) is 6. The maximum atomic E-state index is 12.9. The first-order valence-electron chi connectivity index (χ1n) is 11.6. The van der Waals surface area contributed by atoms with Gasteiger partial charge in [-0.15, -0.1) is 0 Å². The van der Waals surface area contributed by atoms with Crippen LogP contribution < -0.4 is 15.4 Å². The first-order chi connectivity index (χ1) is 17.7. The molecular formula is C27H24ClN5O3S. The zero-order chi connectivity index (χ0) is 26.2. The third-order valence-electron chi connectivity index (χ3n) is 6.06. The summed E-state index contributed by atoms with van der Waals surface area (Å²) in [7, 11) is -3.72. The average Bonchev–Trinajstić information content (AvgIpc) is 2.99. The van der Waals surface area contributed by atoms with E-state index in [0.717, 1.165) is 16.7 Å². The Hall–Kier alpha value is -3.79. The van der Waals surface area contributed by atoms with Gasteiger partial charge in [-0.2, -0.15) is 0 Å². The van der Waals surface area contributed by atoms with Crippen LogP contribution in [0.4, 0.5) is 17.3 Å². The van der Waals surface area contributed by atoms with Crippen molar-refractivity contribution in [3.8, 4) is 11.3 Å². The van der Waals surface area contributed by atoms with Crippen LogP contribution in [0.3, 0.4) is 0 Å². The van der Waals surface area contributed by atoms with Crippen molar-refractivity contribution in [3.63, 3.8) is 0 Å². The Morgan fingerprint density at radius 1 is 1.03 bits per heavy atom. The number of nitrogens with one attached hydrogen (secondary N) is 3. The predicted molar refractivity (Wildman–Crippen MR) is 144 cm³/mol. The van der Waals surface area contributed by atoms with E-state index in [1.165, 1.54) is 12.1 Å². The van der Waals surface area contributed by atoms with Crippen molar-refractivity contribution in [2.45, 2.75) is 31.2 Å². The molecule has 0 spiro atoms. The summed E-state index contributed by atoms with van der Waals surface area (Å²) in [4.78, 5) is 21.4. The number of nitrogens with zero attached hydrogens (tertiary/aromatic N) is 2. The van der Waals surface area contributed by atoms with Gasteiger partial charge >= 0.3 is 0 Å². The molecule has 5 rings (SSSR count). The Kier molecular flexibility index (Phi) is 6.68. The van der Waals surface area contributed by atoms with Gasteiger partial charge < -0.3 is 10.6 Å². The number of sulfonamides is 1. The third kappa shape index (κ3) is 5.48. The lowest BCUT2D eigenvalue weighted by Gasteiger charge is -2.15. The van der Waals surface area contributed by atoms with E-state index in [2.05, 4.69) is 25.3 Å². The summed E-state index contributed by atoms with van der Waals surface area (Å²) < 4.78 is 28.5. The van der Waals surface area contributed by atoms with E-state index < -0.39 is 10.0 Å². The first-order valence-corrected chi connectivity index (χ1v) is 13.5. The van der Waals surface area contributed by atoms with Crippen LogP contribution in [0.1, 0.15) is 29.7 Å². The fourth-order valence-electron chi connectivity index (χ4n) is 4.09. The van der Waals surface area contributed by atoms with Crippen LogP contribution in [0.25, 0.3) is 11.3 Å². The number of hydrogen-bond donors (Lipinski definition) is 3. The smallest absolute Gasteiger partial charge is 0.241 e. The van der Waals surface area contributed by atoms with Gasteiger partial charge in [-0.25, -0.2) is 23.1 Å². The maximum absolute atomic E-state index is 12.9. The van der Waals surface area contributed by atoms with E-state index in [0.29, 0.717) is 33.6 Å². The SMILES string of the molecule is Cc1ccc([C@H](C)NS(=O)(=O)c2ccc(Nc3ncc4c(n3)-c3ccc(Cl)cc3NC(=O)C4)cc2)cc1. The van der Waals surface area contributed by atoms with E-state index in [4.69, 9.17) is 11.6 Å². The number of fused-ring (bicyclic) bond motifs is 3. The molecule has 4 aromatic rings. The average molecular weight is 534 g/mol. The molecule has 3 N–H and O–H groups in total. The molecule has 8 nitrogen and oxygen atoms in total. The number of rotatable bonds is 6. The standard InChI is InChI=1S/C27H24ClN5O3S/c1-16-3-5-18(6-4-16)17(2)33-37(35,36)22-10-8-21(9-11-22)30-27-29-15-19-13-25(34)31-24-14-20(28)7-12-23(24)26(19)32-27/h3-12,14-15,17,33H,13H2,1-2H3,(H,31,34)(H,29,30,32)/t17-/m0/s1. The van der Waals surface area contributed by atoms with Gasteiger partial charge in [0.1, 0.15) is 0 Å². The number of halogens is 1. The molecule has 0 aliphatic carbocycles. The quantitative estimate of drug-likeness (QED) is 0.306. The Balaban J connectivity index is 1.35. The summed E-state index contributed by atoms with van der Waals surface area (Å²) in [5, 5.41) is 6.47. The van der Waals surface area contributed by atoms with E-state index in [-0.39, 0.29) is 23.3 Å². The molecule has 10 heteroatoms. The molecule has 188 valence electrons. The molecule has 2 heterocycles. The van der Waals surface area contributed by atoms with Gasteiger partial charge in [-0.3, -0.25) is 4.79 Å². The van der Waals surface area contributed by atoms with Gasteiger partial charge in [0.25, 0.3) is 0 Å². The lowest BCUT2D eigenvalue weighted by Crippen LogP contribution is -2.26. The molecule has 1 aromatic heterocycles. The van der Waals surface area contributed by atoms with Crippen LogP contribution in [0.5, 0.6) is 0 Å². The molecule has 1 aliphatic heterocycles. The fraction of sp³-hybridized carbons (Fsp3) is 0.148. The molecule has 0 saturated heterocycles. The molecule has 3 aromatic carbocycles. The largest absolute Gasteiger partial charge is 0.325 e. The highest BCUT2D eigenvalue weighted by molar-refractivity contribution is 7.89. The lowest BCUT2D eigenvalue weighted by molar-refractivity contribution is -0.115. The molecule has 1 atom stereocenters. The van der Waals surface area contributed by atoms with Crippen LogP contribution in [-0.2, 0) is 21.2 Å². The second-order valence-electron chi connectivity index (χ2n) is 8.89. The minimum absolute atomic E-state index is 0.141. The van der Waals surface area contributed by atoms with Crippen LogP contribution >= 0.6 is 11.6 Å². The lowest BCUT2D eigenvalue weighted by atomic mass is 10.1. The second kappa shape index (κ2) is 9.93. The van der Waals surface area contributed by atoms with Crippen LogP contribution in [-0.4, -0.2) is 24.3 Å². The predicted octanol–water partition coefficient (Wildman–Crippen LogP) is 5.38. The monoisotopic (exact) mass is 533 g/mol. The maximum Gasteiger partial charge on any atom is 0.241 e. The number of amides is 1. The van der Waals surface area contributed by atoms with Crippen molar-refractivity contribution < 1.29 is 13.2 Å². The summed E-state index contributed by atoms with van der Waals surface area (Å²) in [5.41, 5.74) is 5.25. The van der Waals surface area contributed by atoms with E-state index in [1.54, 1.807) is 30.5 Å². The number of carbonyl (C=O) groups is 1. The first kappa shape index (κ1) is 24.9. The summed E-state index contributed by atoms with van der Waals surface area (Å²) in [6.45, 7) is 3.79. The van der Waals surface area contributed by atoms with Gasteiger partial charge in [-0.1, -0.05) is 41.4 Å². The number of benzene rings is 3. The molecule has 0 radical (unpaired) electrons. The topological polar surface area (TPSA) is 113 Å². The zero-order valence-electron chi connectivity index (χ0n) is 20.1. The number of aromatic nitrogens is 2. The summed E-state index contributed by atoms with van der Waals surface area (Å²) in [6, 6.07) is 18.9. The van der Waals surface area contributed by atoms with Crippen molar-refractivity contribution in [2.75, 3.05) is 10.6 Å². The molecule has 0 fully saturated rings. The highest BCUT2D eigenvalue weighted by Gasteiger charge is 2.22. The second-order valence-corrected chi connectivity index (χ2v) is 11.0. The minimum Gasteiger partial charge on any atom is -0.325 e.